The van der Waals surface area contributed by atoms with E-state index in [0.717, 1.165) is 18.7 Å². The molecule has 0 spiro atoms. The summed E-state index contributed by atoms with van der Waals surface area (Å²) in [6, 6.07) is 3.60. The van der Waals surface area contributed by atoms with Gasteiger partial charge < -0.3 is 15.4 Å². The average molecular weight is 321 g/mol. The Hall–Kier alpha value is -1.24. The van der Waals surface area contributed by atoms with Crippen LogP contribution in [0.15, 0.2) is 18.2 Å². The van der Waals surface area contributed by atoms with Crippen LogP contribution < -0.4 is 10.6 Å². The Kier molecular flexibility index (Phi) is 6.07. The van der Waals surface area contributed by atoms with Crippen LogP contribution in [0.5, 0.6) is 0 Å². The third-order valence-corrected chi connectivity index (χ3v) is 3.30. The van der Waals surface area contributed by atoms with Gasteiger partial charge in [-0.05, 0) is 31.5 Å². The van der Waals surface area contributed by atoms with Gasteiger partial charge in [-0.2, -0.15) is 0 Å². The summed E-state index contributed by atoms with van der Waals surface area (Å²) >= 11 is 0. The molecule has 1 fully saturated rings. The fraction of sp³-hybridized carbons (Fsp3) is 0.500. The van der Waals surface area contributed by atoms with Crippen molar-refractivity contribution in [3.05, 3.63) is 35.4 Å². The molecular formula is C14H19ClF2N2O2. The van der Waals surface area contributed by atoms with E-state index in [0.29, 0.717) is 18.7 Å². The second kappa shape index (κ2) is 7.15. The first-order valence-electron chi connectivity index (χ1n) is 6.50. The first-order chi connectivity index (χ1) is 9.40. The molecular weight excluding hydrogens is 302 g/mol. The lowest BCUT2D eigenvalue weighted by molar-refractivity contribution is -0.136. The van der Waals surface area contributed by atoms with Gasteiger partial charge in [0.25, 0.3) is 5.91 Å². The van der Waals surface area contributed by atoms with Gasteiger partial charge in [-0.25, -0.2) is 8.78 Å². The molecule has 21 heavy (non-hydrogen) atoms. The van der Waals surface area contributed by atoms with E-state index in [4.69, 9.17) is 4.74 Å². The molecule has 0 aliphatic carbocycles. The second-order valence-electron chi connectivity index (χ2n) is 5.31. The lowest BCUT2D eigenvalue weighted by Gasteiger charge is -2.31. The maximum atomic E-state index is 13.3. The molecule has 1 heterocycles. The van der Waals surface area contributed by atoms with Crippen molar-refractivity contribution in [1.29, 1.82) is 0 Å². The molecule has 0 bridgehead atoms. The minimum atomic E-state index is -0.930. The van der Waals surface area contributed by atoms with E-state index in [1.165, 1.54) is 6.07 Å². The zero-order valence-corrected chi connectivity index (χ0v) is 12.7. The lowest BCUT2D eigenvalue weighted by atomic mass is 9.93. The fourth-order valence-corrected chi connectivity index (χ4v) is 2.08. The molecule has 4 nitrogen and oxygen atoms in total. The van der Waals surface area contributed by atoms with Crippen molar-refractivity contribution in [2.45, 2.75) is 25.5 Å². The SMILES string of the molecule is CC(C)(NC(=O)C1CNCCO1)c1ccc(F)c(F)c1.Cl. The van der Waals surface area contributed by atoms with Crippen LogP contribution in [-0.2, 0) is 15.1 Å². The summed E-state index contributed by atoms with van der Waals surface area (Å²) in [5.74, 6) is -2.11. The lowest BCUT2D eigenvalue weighted by Crippen LogP contribution is -2.52. The number of ether oxygens (including phenoxy) is 1. The number of rotatable bonds is 3. The number of hydrogen-bond acceptors (Lipinski definition) is 3. The van der Waals surface area contributed by atoms with Gasteiger partial charge in [0.05, 0.1) is 12.1 Å². The van der Waals surface area contributed by atoms with Crippen molar-refractivity contribution in [1.82, 2.24) is 10.6 Å². The highest BCUT2D eigenvalue weighted by Crippen LogP contribution is 2.22. The van der Waals surface area contributed by atoms with Crippen LogP contribution in [0.3, 0.4) is 0 Å². The molecule has 0 saturated carbocycles. The highest BCUT2D eigenvalue weighted by atomic mass is 35.5. The number of hydrogen-bond donors (Lipinski definition) is 2. The average Bonchev–Trinajstić information content (AvgIpc) is 2.42. The van der Waals surface area contributed by atoms with E-state index < -0.39 is 23.3 Å². The molecule has 1 saturated heterocycles. The quantitative estimate of drug-likeness (QED) is 0.892. The van der Waals surface area contributed by atoms with Crippen LogP contribution in [0, 0.1) is 11.6 Å². The van der Waals surface area contributed by atoms with Crippen LogP contribution in [0.1, 0.15) is 19.4 Å². The monoisotopic (exact) mass is 320 g/mol. The molecule has 1 aliphatic heterocycles. The first kappa shape index (κ1) is 17.8. The van der Waals surface area contributed by atoms with E-state index in [1.54, 1.807) is 13.8 Å². The molecule has 1 unspecified atom stereocenters. The molecule has 1 amide bonds. The number of carbonyl (C=O) groups excluding carboxylic acids is 1. The Balaban J connectivity index is 0.00000220. The topological polar surface area (TPSA) is 50.4 Å². The van der Waals surface area contributed by atoms with Crippen LogP contribution in [-0.4, -0.2) is 31.7 Å². The maximum absolute atomic E-state index is 13.3. The smallest absolute Gasteiger partial charge is 0.251 e. The van der Waals surface area contributed by atoms with E-state index in [-0.39, 0.29) is 18.3 Å². The Bertz CT molecular complexity index is 506. The zero-order valence-electron chi connectivity index (χ0n) is 11.9. The summed E-state index contributed by atoms with van der Waals surface area (Å²) in [6.45, 7) is 5.10. The van der Waals surface area contributed by atoms with Gasteiger partial charge in [0.15, 0.2) is 11.6 Å². The number of amides is 1. The molecule has 1 aromatic carbocycles. The van der Waals surface area contributed by atoms with Gasteiger partial charge in [-0.1, -0.05) is 6.07 Å². The Labute approximate surface area is 128 Å². The van der Waals surface area contributed by atoms with Crippen LogP contribution >= 0.6 is 12.4 Å². The first-order valence-corrected chi connectivity index (χ1v) is 6.50. The van der Waals surface area contributed by atoms with E-state index in [9.17, 15) is 13.6 Å². The summed E-state index contributed by atoms with van der Waals surface area (Å²) < 4.78 is 31.6. The molecule has 0 aromatic heterocycles. The normalized spacial score (nSPS) is 18.8. The third-order valence-electron chi connectivity index (χ3n) is 3.30. The number of morpholine rings is 1. The predicted molar refractivity (Wildman–Crippen MR) is 77.4 cm³/mol. The Morgan fingerprint density at radius 1 is 1.38 bits per heavy atom. The third kappa shape index (κ3) is 4.36. The maximum Gasteiger partial charge on any atom is 0.251 e. The summed E-state index contributed by atoms with van der Waals surface area (Å²) in [4.78, 5) is 12.1. The standard InChI is InChI=1S/C14H18F2N2O2.ClH/c1-14(2,9-3-4-10(15)11(16)7-9)18-13(19)12-8-17-5-6-20-12;/h3-4,7,12,17H,5-6,8H2,1-2H3,(H,18,19);1H. The fourth-order valence-electron chi connectivity index (χ4n) is 2.08. The van der Waals surface area contributed by atoms with Crippen molar-refractivity contribution < 1.29 is 18.3 Å². The largest absolute Gasteiger partial charge is 0.366 e. The molecule has 0 radical (unpaired) electrons. The van der Waals surface area contributed by atoms with Gasteiger partial charge in [0.2, 0.25) is 0 Å². The molecule has 2 N–H and O–H groups in total. The van der Waals surface area contributed by atoms with Crippen molar-refractivity contribution in [3.63, 3.8) is 0 Å². The van der Waals surface area contributed by atoms with Gasteiger partial charge in [-0.3, -0.25) is 4.79 Å². The Morgan fingerprint density at radius 3 is 2.67 bits per heavy atom. The minimum Gasteiger partial charge on any atom is -0.366 e. The van der Waals surface area contributed by atoms with Crippen LogP contribution in [0.4, 0.5) is 8.78 Å². The summed E-state index contributed by atoms with van der Waals surface area (Å²) in [6.07, 6.45) is -0.562. The second-order valence-corrected chi connectivity index (χ2v) is 5.31. The van der Waals surface area contributed by atoms with Crippen molar-refractivity contribution >= 4 is 18.3 Å². The zero-order chi connectivity index (χ0) is 14.8. The van der Waals surface area contributed by atoms with Gasteiger partial charge in [0, 0.05) is 13.1 Å². The molecule has 2 rings (SSSR count). The number of carbonyl (C=O) groups is 1. The highest BCUT2D eigenvalue weighted by molar-refractivity contribution is 5.85. The number of nitrogens with one attached hydrogen (secondary N) is 2. The number of benzene rings is 1. The Morgan fingerprint density at radius 2 is 2.10 bits per heavy atom. The molecule has 1 aromatic rings. The van der Waals surface area contributed by atoms with Gasteiger partial charge in [0.1, 0.15) is 6.10 Å². The molecule has 1 atom stereocenters. The van der Waals surface area contributed by atoms with E-state index in [1.807, 2.05) is 0 Å². The molecule has 118 valence electrons. The van der Waals surface area contributed by atoms with Gasteiger partial charge >= 0.3 is 0 Å². The van der Waals surface area contributed by atoms with Crippen molar-refractivity contribution in [3.8, 4) is 0 Å². The minimum absolute atomic E-state index is 0. The van der Waals surface area contributed by atoms with Crippen molar-refractivity contribution in [2.75, 3.05) is 19.7 Å². The summed E-state index contributed by atoms with van der Waals surface area (Å²) in [5.41, 5.74) is -0.319. The molecule has 1 aliphatic rings. The summed E-state index contributed by atoms with van der Waals surface area (Å²) in [5, 5.41) is 5.86. The van der Waals surface area contributed by atoms with Crippen molar-refractivity contribution in [2.24, 2.45) is 0 Å². The van der Waals surface area contributed by atoms with Crippen LogP contribution in [0.2, 0.25) is 0 Å². The predicted octanol–water partition coefficient (Wildman–Crippen LogP) is 1.73. The number of halogens is 3. The summed E-state index contributed by atoms with van der Waals surface area (Å²) in [7, 11) is 0. The molecule has 7 heteroatoms. The van der Waals surface area contributed by atoms with E-state index >= 15 is 0 Å². The highest BCUT2D eigenvalue weighted by Gasteiger charge is 2.29. The van der Waals surface area contributed by atoms with E-state index in [2.05, 4.69) is 10.6 Å². The van der Waals surface area contributed by atoms with Crippen LogP contribution in [0.25, 0.3) is 0 Å². The van der Waals surface area contributed by atoms with Gasteiger partial charge in [-0.15, -0.1) is 12.4 Å².